The van der Waals surface area contributed by atoms with E-state index in [9.17, 15) is 4.79 Å². The molecule has 2 fully saturated rings. The molecule has 5 nitrogen and oxygen atoms in total. The van der Waals surface area contributed by atoms with Crippen LogP contribution in [0.4, 0.5) is 4.79 Å². The summed E-state index contributed by atoms with van der Waals surface area (Å²) in [7, 11) is 1.70. The molecule has 2 aliphatic rings. The number of hydrogen-bond acceptors (Lipinski definition) is 4. The van der Waals surface area contributed by atoms with Gasteiger partial charge in [0.05, 0.1) is 7.11 Å². The predicted octanol–water partition coefficient (Wildman–Crippen LogP) is 3.65. The highest BCUT2D eigenvalue weighted by Crippen LogP contribution is 2.34. The first-order valence-corrected chi connectivity index (χ1v) is 9.12. The van der Waals surface area contributed by atoms with Gasteiger partial charge in [0, 0.05) is 41.8 Å². The number of nitrogens with zero attached hydrogens (tertiary/aromatic N) is 2. The second-order valence-electron chi connectivity index (χ2n) is 7.56. The Hall–Kier alpha value is -1.27. The summed E-state index contributed by atoms with van der Waals surface area (Å²) in [5.41, 5.74) is 0.737. The number of ether oxygens (including phenoxy) is 2. The summed E-state index contributed by atoms with van der Waals surface area (Å²) in [4.78, 5) is 16.6. The molecule has 0 spiro atoms. The van der Waals surface area contributed by atoms with E-state index < -0.39 is 5.60 Å². The van der Waals surface area contributed by atoms with Crippen LogP contribution in [0.3, 0.4) is 0 Å². The van der Waals surface area contributed by atoms with E-state index in [4.69, 9.17) is 9.47 Å². The number of piperazine rings is 1. The molecule has 0 saturated carbocycles. The number of hydrogen-bond donors (Lipinski definition) is 0. The van der Waals surface area contributed by atoms with Crippen molar-refractivity contribution in [3.8, 4) is 5.75 Å². The average molecular weight is 397 g/mol. The normalized spacial score (nSPS) is 23.6. The summed E-state index contributed by atoms with van der Waals surface area (Å²) in [6.45, 7) is 8.21. The standard InChI is InChI=1S/C18H25BrN2O3/c1-18(2,3)24-17(22)21-11-14-8-15(21)10-20(14)9-12-5-6-13(19)7-16(12)23-4/h5-7,14-15H,8-11H2,1-4H3/t14-,15-/m0/s1. The van der Waals surface area contributed by atoms with Crippen LogP contribution in [0.1, 0.15) is 32.8 Å². The molecule has 2 atom stereocenters. The fraction of sp³-hybridized carbons (Fsp3) is 0.611. The third-order valence-electron chi connectivity index (χ3n) is 4.60. The third-order valence-corrected chi connectivity index (χ3v) is 5.10. The van der Waals surface area contributed by atoms with Crippen LogP contribution in [-0.2, 0) is 11.3 Å². The molecule has 0 aliphatic carbocycles. The highest BCUT2D eigenvalue weighted by molar-refractivity contribution is 9.10. The molecule has 2 heterocycles. The Labute approximate surface area is 152 Å². The number of fused-ring (bicyclic) bond motifs is 2. The summed E-state index contributed by atoms with van der Waals surface area (Å²) in [5.74, 6) is 0.899. The van der Waals surface area contributed by atoms with Gasteiger partial charge in [0.25, 0.3) is 0 Å². The second-order valence-corrected chi connectivity index (χ2v) is 8.48. The van der Waals surface area contributed by atoms with E-state index in [-0.39, 0.29) is 12.1 Å². The van der Waals surface area contributed by atoms with Gasteiger partial charge in [0.1, 0.15) is 11.4 Å². The molecule has 2 aliphatic heterocycles. The maximum atomic E-state index is 12.3. The molecule has 6 heteroatoms. The van der Waals surface area contributed by atoms with E-state index in [0.29, 0.717) is 6.04 Å². The minimum atomic E-state index is -0.441. The van der Waals surface area contributed by atoms with Gasteiger partial charge in [0.2, 0.25) is 0 Å². The van der Waals surface area contributed by atoms with Gasteiger partial charge in [-0.15, -0.1) is 0 Å². The van der Waals surface area contributed by atoms with Crippen LogP contribution in [0.2, 0.25) is 0 Å². The molecular formula is C18H25BrN2O3. The smallest absolute Gasteiger partial charge is 0.410 e. The van der Waals surface area contributed by atoms with Crippen LogP contribution in [0.25, 0.3) is 0 Å². The highest BCUT2D eigenvalue weighted by atomic mass is 79.9. The van der Waals surface area contributed by atoms with Gasteiger partial charge < -0.3 is 14.4 Å². The summed E-state index contributed by atoms with van der Waals surface area (Å²) >= 11 is 3.48. The van der Waals surface area contributed by atoms with E-state index in [1.165, 1.54) is 5.56 Å². The topological polar surface area (TPSA) is 42.0 Å². The minimum Gasteiger partial charge on any atom is -0.496 e. The van der Waals surface area contributed by atoms with Gasteiger partial charge in [-0.1, -0.05) is 22.0 Å². The van der Waals surface area contributed by atoms with E-state index >= 15 is 0 Å². The number of halogens is 1. The molecule has 3 rings (SSSR count). The van der Waals surface area contributed by atoms with Gasteiger partial charge in [-0.25, -0.2) is 4.79 Å². The maximum Gasteiger partial charge on any atom is 0.410 e. The van der Waals surface area contributed by atoms with Crippen LogP contribution in [0, 0.1) is 0 Å². The van der Waals surface area contributed by atoms with Gasteiger partial charge in [-0.05, 0) is 39.3 Å². The van der Waals surface area contributed by atoms with Gasteiger partial charge in [0.15, 0.2) is 0 Å². The fourth-order valence-corrected chi connectivity index (χ4v) is 3.90. The first-order chi connectivity index (χ1) is 11.3. The summed E-state index contributed by atoms with van der Waals surface area (Å²) in [6.07, 6.45) is 0.842. The number of benzene rings is 1. The van der Waals surface area contributed by atoms with E-state index in [2.05, 4.69) is 26.9 Å². The Morgan fingerprint density at radius 1 is 1.29 bits per heavy atom. The number of likely N-dealkylation sites (tertiary alicyclic amines) is 2. The lowest BCUT2D eigenvalue weighted by molar-refractivity contribution is 0.0123. The summed E-state index contributed by atoms with van der Waals surface area (Å²) in [5, 5.41) is 0. The van der Waals surface area contributed by atoms with Crippen LogP contribution in [0.5, 0.6) is 5.75 Å². The third kappa shape index (κ3) is 3.70. The van der Waals surface area contributed by atoms with Crippen molar-refractivity contribution in [2.24, 2.45) is 0 Å². The molecule has 0 N–H and O–H groups in total. The lowest BCUT2D eigenvalue weighted by Gasteiger charge is -2.35. The molecule has 0 radical (unpaired) electrons. The first-order valence-electron chi connectivity index (χ1n) is 8.33. The van der Waals surface area contributed by atoms with Crippen molar-refractivity contribution in [3.63, 3.8) is 0 Å². The number of carbonyl (C=O) groups is 1. The monoisotopic (exact) mass is 396 g/mol. The zero-order valence-corrected chi connectivity index (χ0v) is 16.3. The van der Waals surface area contributed by atoms with Crippen molar-refractivity contribution in [1.29, 1.82) is 0 Å². The van der Waals surface area contributed by atoms with Crippen LogP contribution in [-0.4, -0.2) is 53.8 Å². The predicted molar refractivity (Wildman–Crippen MR) is 96.2 cm³/mol. The number of carbonyl (C=O) groups excluding carboxylic acids is 1. The molecule has 1 aromatic rings. The molecule has 0 unspecified atom stereocenters. The lowest BCUT2D eigenvalue weighted by Crippen LogP contribution is -2.49. The Morgan fingerprint density at radius 3 is 2.62 bits per heavy atom. The van der Waals surface area contributed by atoms with E-state index in [1.54, 1.807) is 7.11 Å². The van der Waals surface area contributed by atoms with E-state index in [0.717, 1.165) is 36.3 Å². The second kappa shape index (κ2) is 6.56. The largest absolute Gasteiger partial charge is 0.496 e. The fourth-order valence-electron chi connectivity index (χ4n) is 3.56. The molecule has 24 heavy (non-hydrogen) atoms. The van der Waals surface area contributed by atoms with Gasteiger partial charge in [-0.3, -0.25) is 4.90 Å². The van der Waals surface area contributed by atoms with Crippen molar-refractivity contribution in [1.82, 2.24) is 9.80 Å². The van der Waals surface area contributed by atoms with Crippen molar-refractivity contribution in [3.05, 3.63) is 28.2 Å². The van der Waals surface area contributed by atoms with Gasteiger partial charge >= 0.3 is 6.09 Å². The van der Waals surface area contributed by atoms with Gasteiger partial charge in [-0.2, -0.15) is 0 Å². The first kappa shape index (κ1) is 17.5. The van der Waals surface area contributed by atoms with E-state index in [1.807, 2.05) is 37.8 Å². The van der Waals surface area contributed by atoms with Crippen LogP contribution < -0.4 is 4.74 Å². The zero-order valence-electron chi connectivity index (χ0n) is 14.7. The number of rotatable bonds is 3. The number of methoxy groups -OCH3 is 1. The Balaban J connectivity index is 1.63. The average Bonchev–Trinajstić information content (AvgIpc) is 3.07. The molecule has 1 aromatic carbocycles. The minimum absolute atomic E-state index is 0.184. The highest BCUT2D eigenvalue weighted by Gasteiger charge is 2.46. The zero-order chi connectivity index (χ0) is 17.5. The Morgan fingerprint density at radius 2 is 2.04 bits per heavy atom. The van der Waals surface area contributed by atoms with Crippen LogP contribution >= 0.6 is 15.9 Å². The Bertz CT molecular complexity index is 629. The molecular weight excluding hydrogens is 372 g/mol. The molecule has 132 valence electrons. The maximum absolute atomic E-state index is 12.3. The van der Waals surface area contributed by atoms with Crippen LogP contribution in [0.15, 0.2) is 22.7 Å². The van der Waals surface area contributed by atoms with Crippen molar-refractivity contribution in [2.45, 2.75) is 51.4 Å². The number of amides is 1. The lowest BCUT2D eigenvalue weighted by atomic mass is 10.1. The van der Waals surface area contributed by atoms with Crippen molar-refractivity contribution < 1.29 is 14.3 Å². The summed E-state index contributed by atoms with van der Waals surface area (Å²) < 4.78 is 12.0. The summed E-state index contributed by atoms with van der Waals surface area (Å²) in [6, 6.07) is 6.79. The molecule has 2 bridgehead atoms. The van der Waals surface area contributed by atoms with Crippen molar-refractivity contribution in [2.75, 3.05) is 20.2 Å². The quantitative estimate of drug-likeness (QED) is 0.781. The SMILES string of the molecule is COc1cc(Br)ccc1CN1C[C@@H]2C[C@H]1CN2C(=O)OC(C)(C)C. The molecule has 1 amide bonds. The molecule has 0 aromatic heterocycles. The molecule has 2 saturated heterocycles. The Kier molecular flexibility index (Phi) is 4.80. The van der Waals surface area contributed by atoms with Crippen molar-refractivity contribution >= 4 is 22.0 Å².